The molecule has 5 amide bonds. The van der Waals surface area contributed by atoms with Gasteiger partial charge in [-0.05, 0) is 99.4 Å². The summed E-state index contributed by atoms with van der Waals surface area (Å²) in [5.41, 5.74) is 4.92. The Labute approximate surface area is 371 Å². The van der Waals surface area contributed by atoms with Crippen molar-refractivity contribution in [3.05, 3.63) is 111 Å². The zero-order valence-corrected chi connectivity index (χ0v) is 36.1. The first-order chi connectivity index (χ1) is 30.7. The number of carbonyl (C=O) groups is 6. The van der Waals surface area contributed by atoms with E-state index in [1.54, 1.807) is 39.6 Å². The first-order valence-corrected chi connectivity index (χ1v) is 21.4. The van der Waals surface area contributed by atoms with Gasteiger partial charge in [0, 0.05) is 59.8 Å². The number of ether oxygens (including phenoxy) is 1. The van der Waals surface area contributed by atoms with E-state index >= 15 is 0 Å². The van der Waals surface area contributed by atoms with Gasteiger partial charge in [0.2, 0.25) is 17.7 Å². The number of hydrogen-bond donors (Lipinski definition) is 4. The molecule has 2 aliphatic heterocycles. The molecule has 4 heterocycles. The number of carboxylic acid groups (broad SMARTS) is 1. The van der Waals surface area contributed by atoms with Gasteiger partial charge in [-0.1, -0.05) is 35.9 Å². The molecule has 17 heteroatoms. The maximum absolute atomic E-state index is 13.9. The number of anilines is 1. The molecule has 1 fully saturated rings. The molecule has 0 aliphatic carbocycles. The van der Waals surface area contributed by atoms with E-state index in [0.29, 0.717) is 58.5 Å². The average Bonchev–Trinajstić information content (AvgIpc) is 3.81. The number of fused-ring (bicyclic) bond motifs is 3. The Balaban J connectivity index is 0.964. The molecule has 0 spiro atoms. The molecule has 0 bridgehead atoms. The number of hydrogen-bond acceptors (Lipinski definition) is 9. The van der Waals surface area contributed by atoms with Crippen molar-refractivity contribution >= 4 is 74.5 Å². The normalized spacial score (nSPS) is 15.0. The molecule has 1 unspecified atom stereocenters. The SMILES string of the molecule is Cc1nn(C)c(C)c1-c1c(Cl)ccc2c(CCCOc3cccc4cc(F)ccc34)c(C(=O)O)n(CCCCNC(=O)CNc3cccc4c3C(=O)N(C3CCC(=O)NC3=O)C4=O)c12. The van der Waals surface area contributed by atoms with Crippen LogP contribution in [-0.2, 0) is 34.4 Å². The Morgan fingerprint density at radius 2 is 1.73 bits per heavy atom. The highest BCUT2D eigenvalue weighted by Gasteiger charge is 2.45. The molecule has 0 saturated carbocycles. The number of aryl methyl sites for hydroxylation is 4. The minimum Gasteiger partial charge on any atom is -0.493 e. The van der Waals surface area contributed by atoms with Crippen LogP contribution in [-0.4, -0.2) is 85.6 Å². The van der Waals surface area contributed by atoms with Gasteiger partial charge in [0.1, 0.15) is 23.3 Å². The molecule has 8 rings (SSSR count). The van der Waals surface area contributed by atoms with Crippen LogP contribution >= 0.6 is 11.6 Å². The first kappa shape index (κ1) is 43.6. The number of halogens is 2. The molecular formula is C47H45ClFN7O8. The largest absolute Gasteiger partial charge is 0.493 e. The number of unbranched alkanes of at least 4 members (excludes halogenated alkanes) is 1. The number of carbonyl (C=O) groups excluding carboxylic acids is 5. The second-order valence-corrected chi connectivity index (χ2v) is 16.3. The fourth-order valence-corrected chi connectivity index (χ4v) is 9.14. The van der Waals surface area contributed by atoms with Gasteiger partial charge in [0.15, 0.2) is 0 Å². The van der Waals surface area contributed by atoms with Crippen molar-refractivity contribution in [2.45, 2.75) is 65.0 Å². The van der Waals surface area contributed by atoms with Crippen LogP contribution in [0.4, 0.5) is 10.1 Å². The summed E-state index contributed by atoms with van der Waals surface area (Å²) >= 11 is 6.99. The second-order valence-electron chi connectivity index (χ2n) is 15.9. The summed E-state index contributed by atoms with van der Waals surface area (Å²) in [5.74, 6) is -3.75. The number of nitrogens with one attached hydrogen (secondary N) is 3. The lowest BCUT2D eigenvalue weighted by Gasteiger charge is -2.27. The number of piperidine rings is 1. The van der Waals surface area contributed by atoms with Gasteiger partial charge in [0.25, 0.3) is 11.8 Å². The van der Waals surface area contributed by atoms with Crippen LogP contribution in [0, 0.1) is 19.7 Å². The van der Waals surface area contributed by atoms with E-state index in [-0.39, 0.29) is 73.3 Å². The van der Waals surface area contributed by atoms with E-state index < -0.39 is 35.6 Å². The number of aromatic nitrogens is 3. The third-order valence-corrected chi connectivity index (χ3v) is 12.2. The molecule has 0 radical (unpaired) electrons. The van der Waals surface area contributed by atoms with Crippen molar-refractivity contribution < 1.29 is 43.0 Å². The molecule has 1 saturated heterocycles. The maximum atomic E-state index is 13.9. The number of amides is 5. The smallest absolute Gasteiger partial charge is 0.352 e. The summed E-state index contributed by atoms with van der Waals surface area (Å²) in [5, 5.41) is 26.1. The van der Waals surface area contributed by atoms with Crippen LogP contribution < -0.4 is 20.7 Å². The average molecular weight is 890 g/mol. The number of aromatic carboxylic acids is 1. The Kier molecular flexibility index (Phi) is 12.2. The predicted molar refractivity (Wildman–Crippen MR) is 237 cm³/mol. The van der Waals surface area contributed by atoms with E-state index in [4.69, 9.17) is 16.3 Å². The van der Waals surface area contributed by atoms with Crippen LogP contribution in [0.1, 0.15) is 80.3 Å². The van der Waals surface area contributed by atoms with E-state index in [2.05, 4.69) is 21.0 Å². The van der Waals surface area contributed by atoms with Gasteiger partial charge >= 0.3 is 5.97 Å². The molecule has 330 valence electrons. The van der Waals surface area contributed by atoms with Crippen molar-refractivity contribution in [3.63, 3.8) is 0 Å². The Morgan fingerprint density at radius 3 is 2.48 bits per heavy atom. The Hall–Kier alpha value is -7.07. The van der Waals surface area contributed by atoms with Crippen molar-refractivity contribution in [2.75, 3.05) is 25.0 Å². The summed E-state index contributed by atoms with van der Waals surface area (Å²) in [6.45, 7) is 4.43. The molecule has 2 aliphatic rings. The first-order valence-electron chi connectivity index (χ1n) is 21.0. The lowest BCUT2D eigenvalue weighted by atomic mass is 9.98. The number of benzene rings is 4. The summed E-state index contributed by atoms with van der Waals surface area (Å²) in [6, 6.07) is 17.1. The topological polar surface area (TPSA) is 194 Å². The minimum absolute atomic E-state index is 0.00526. The highest BCUT2D eigenvalue weighted by molar-refractivity contribution is 6.35. The molecule has 4 aromatic carbocycles. The van der Waals surface area contributed by atoms with E-state index in [1.165, 1.54) is 18.2 Å². The molecule has 6 aromatic rings. The summed E-state index contributed by atoms with van der Waals surface area (Å²) in [6.07, 6.45) is 1.84. The van der Waals surface area contributed by atoms with Crippen LogP contribution in [0.25, 0.3) is 32.8 Å². The van der Waals surface area contributed by atoms with Crippen LogP contribution in [0.15, 0.2) is 66.7 Å². The molecule has 4 N–H and O–H groups in total. The maximum Gasteiger partial charge on any atom is 0.352 e. The number of carboxylic acids is 1. The van der Waals surface area contributed by atoms with E-state index in [1.807, 2.05) is 39.1 Å². The zero-order valence-electron chi connectivity index (χ0n) is 35.3. The van der Waals surface area contributed by atoms with Gasteiger partial charge in [-0.2, -0.15) is 5.10 Å². The van der Waals surface area contributed by atoms with E-state index in [0.717, 1.165) is 32.6 Å². The fraction of sp³-hybridized carbons (Fsp3) is 0.298. The predicted octanol–water partition coefficient (Wildman–Crippen LogP) is 6.72. The number of imide groups is 2. The van der Waals surface area contributed by atoms with Crippen molar-refractivity contribution in [1.29, 1.82) is 0 Å². The lowest BCUT2D eigenvalue weighted by molar-refractivity contribution is -0.136. The van der Waals surface area contributed by atoms with Crippen LogP contribution in [0.5, 0.6) is 5.75 Å². The second kappa shape index (κ2) is 18.0. The van der Waals surface area contributed by atoms with Crippen LogP contribution in [0.2, 0.25) is 5.02 Å². The van der Waals surface area contributed by atoms with Gasteiger partial charge in [-0.25, -0.2) is 9.18 Å². The molecule has 15 nitrogen and oxygen atoms in total. The molecule has 64 heavy (non-hydrogen) atoms. The third-order valence-electron chi connectivity index (χ3n) is 11.9. The van der Waals surface area contributed by atoms with Crippen LogP contribution in [0.3, 0.4) is 0 Å². The van der Waals surface area contributed by atoms with Gasteiger partial charge in [-0.3, -0.25) is 38.9 Å². The third kappa shape index (κ3) is 8.16. The Morgan fingerprint density at radius 1 is 0.953 bits per heavy atom. The van der Waals surface area contributed by atoms with Crippen molar-refractivity contribution in [1.82, 2.24) is 29.9 Å². The number of nitrogens with zero attached hydrogens (tertiary/aromatic N) is 4. The molecule has 2 aromatic heterocycles. The van der Waals surface area contributed by atoms with Crippen molar-refractivity contribution in [3.8, 4) is 16.9 Å². The summed E-state index contributed by atoms with van der Waals surface area (Å²) < 4.78 is 23.6. The van der Waals surface area contributed by atoms with Gasteiger partial charge in [0.05, 0.1) is 40.5 Å². The summed E-state index contributed by atoms with van der Waals surface area (Å²) in [7, 11) is 1.84. The minimum atomic E-state index is -1.12. The van der Waals surface area contributed by atoms with Gasteiger partial charge < -0.3 is 25.0 Å². The fourth-order valence-electron chi connectivity index (χ4n) is 8.89. The highest BCUT2D eigenvalue weighted by Crippen LogP contribution is 2.42. The number of rotatable bonds is 16. The van der Waals surface area contributed by atoms with Crippen molar-refractivity contribution in [2.24, 2.45) is 7.05 Å². The lowest BCUT2D eigenvalue weighted by Crippen LogP contribution is -2.54. The standard InChI is InChI=1S/C47H45ClFN7O8/c1-25-39(26(2)54(3)53-25)41-33(48)17-16-31-30(11-8-22-64-36-13-6-9-27-23-28(49)14-15-29(27)36)43(47(62)63)55(42(31)41)21-5-4-20-50-38(58)24-51-34-12-7-10-32-40(34)46(61)56(45(32)60)35-18-19-37(57)52-44(35)59/h6-7,9-10,12-17,23,35,51H,4-5,8,11,18-22,24H2,1-3H3,(H,50,58)(H,62,63)(H,52,57,59). The highest BCUT2D eigenvalue weighted by atomic mass is 35.5. The van der Waals surface area contributed by atoms with E-state index in [9.17, 15) is 38.3 Å². The van der Waals surface area contributed by atoms with Gasteiger partial charge in [-0.15, -0.1) is 0 Å². The summed E-state index contributed by atoms with van der Waals surface area (Å²) in [4.78, 5) is 78.0. The Bertz CT molecular complexity index is 2920. The zero-order chi connectivity index (χ0) is 45.4. The molecule has 1 atom stereocenters. The quantitative estimate of drug-likeness (QED) is 0.0599. The molecular weight excluding hydrogens is 845 g/mol. The monoisotopic (exact) mass is 889 g/mol.